The van der Waals surface area contributed by atoms with E-state index in [-0.39, 0.29) is 42.5 Å². The minimum absolute atomic E-state index is 0. The Kier molecular flexibility index (Phi) is 11.0. The minimum atomic E-state index is -0.0286. The number of aliphatic imine (C=N–C) groups is 1. The fourth-order valence-electron chi connectivity index (χ4n) is 2.71. The number of amides is 1. The first kappa shape index (κ1) is 24.0. The number of methoxy groups -OCH3 is 1. The molecule has 1 aliphatic heterocycles. The van der Waals surface area contributed by atoms with Gasteiger partial charge in [0.1, 0.15) is 6.54 Å². The number of para-hydroxylation sites is 1. The van der Waals surface area contributed by atoms with Crippen LogP contribution in [-0.2, 0) is 9.53 Å². The lowest BCUT2D eigenvalue weighted by Gasteiger charge is -2.21. The van der Waals surface area contributed by atoms with Crippen molar-refractivity contribution in [3.63, 3.8) is 0 Å². The van der Waals surface area contributed by atoms with Gasteiger partial charge in [-0.25, -0.2) is 4.99 Å². The highest BCUT2D eigenvalue weighted by Crippen LogP contribution is 2.28. The van der Waals surface area contributed by atoms with Gasteiger partial charge < -0.3 is 25.2 Å². The zero-order chi connectivity index (χ0) is 18.9. The van der Waals surface area contributed by atoms with Crippen molar-refractivity contribution >= 4 is 57.5 Å². The number of hydrogen-bond donors (Lipinski definition) is 2. The molecule has 1 aliphatic rings. The number of anilines is 1. The molecule has 1 unspecified atom stereocenters. The first-order chi connectivity index (χ1) is 12.5. The lowest BCUT2D eigenvalue weighted by atomic mass is 10.3. The van der Waals surface area contributed by atoms with Gasteiger partial charge in [-0.3, -0.25) is 4.79 Å². The van der Waals surface area contributed by atoms with Gasteiger partial charge in [-0.05, 0) is 34.5 Å². The lowest BCUT2D eigenvalue weighted by Crippen LogP contribution is -2.46. The summed E-state index contributed by atoms with van der Waals surface area (Å²) in [5.74, 6) is 0.621. The van der Waals surface area contributed by atoms with Crippen LogP contribution in [0.4, 0.5) is 5.69 Å². The number of halogens is 2. The van der Waals surface area contributed by atoms with Crippen molar-refractivity contribution in [2.24, 2.45) is 4.99 Å². The molecule has 1 aromatic carbocycles. The molecule has 1 atom stereocenters. The normalized spacial score (nSPS) is 16.7. The third kappa shape index (κ3) is 7.82. The average Bonchev–Trinajstić information content (AvgIpc) is 3.08. The van der Waals surface area contributed by atoms with Gasteiger partial charge in [-0.1, -0.05) is 12.1 Å². The molecule has 1 amide bonds. The summed E-state index contributed by atoms with van der Waals surface area (Å²) in [7, 11) is 5.12. The van der Waals surface area contributed by atoms with Gasteiger partial charge >= 0.3 is 0 Å². The summed E-state index contributed by atoms with van der Waals surface area (Å²) in [4.78, 5) is 20.1. The van der Waals surface area contributed by atoms with Crippen LogP contribution in [0.3, 0.4) is 0 Å². The maximum atomic E-state index is 11.8. The van der Waals surface area contributed by atoms with Crippen LogP contribution in [0.5, 0.6) is 0 Å². The summed E-state index contributed by atoms with van der Waals surface area (Å²) in [6, 6.07) is 8.51. The number of guanidine groups is 1. The third-order valence-corrected chi connectivity index (χ3v) is 4.86. The number of ether oxygens (including phenoxy) is 1. The number of carbonyl (C=O) groups is 1. The molecule has 1 aromatic rings. The van der Waals surface area contributed by atoms with Crippen LogP contribution >= 0.6 is 39.9 Å². The maximum absolute atomic E-state index is 11.8. The second kappa shape index (κ2) is 12.4. The molecule has 2 N–H and O–H groups in total. The largest absolute Gasteiger partial charge is 0.383 e. The molecule has 1 heterocycles. The first-order valence-electron chi connectivity index (χ1n) is 8.74. The molecule has 0 spiro atoms. The van der Waals surface area contributed by atoms with E-state index < -0.39 is 0 Å². The molecule has 27 heavy (non-hydrogen) atoms. The summed E-state index contributed by atoms with van der Waals surface area (Å²) >= 11 is 3.62. The van der Waals surface area contributed by atoms with Gasteiger partial charge in [0, 0.05) is 51.4 Å². The van der Waals surface area contributed by atoms with Crippen molar-refractivity contribution in [1.29, 1.82) is 0 Å². The van der Waals surface area contributed by atoms with Crippen molar-refractivity contribution in [2.75, 3.05) is 58.9 Å². The Morgan fingerprint density at radius 3 is 2.81 bits per heavy atom. The number of nitrogens with zero attached hydrogens (tertiary/aromatic N) is 3. The highest BCUT2D eigenvalue weighted by molar-refractivity contribution is 14.0. The molecule has 0 saturated carbocycles. The van der Waals surface area contributed by atoms with Gasteiger partial charge in [0.15, 0.2) is 5.96 Å². The maximum Gasteiger partial charge on any atom is 0.243 e. The number of hydrogen-bond acceptors (Lipinski definition) is 4. The molecular weight excluding hydrogens is 525 g/mol. The van der Waals surface area contributed by atoms with E-state index in [1.54, 1.807) is 26.1 Å². The second-order valence-electron chi connectivity index (χ2n) is 6.40. The number of likely N-dealkylation sites (N-methyl/N-ethyl adjacent to an activating group) is 1. The third-order valence-electron chi connectivity index (χ3n) is 4.19. The van der Waals surface area contributed by atoms with Crippen LogP contribution in [-0.4, -0.2) is 76.8 Å². The topological polar surface area (TPSA) is 69.2 Å². The predicted molar refractivity (Wildman–Crippen MR) is 124 cm³/mol. The summed E-state index contributed by atoms with van der Waals surface area (Å²) < 4.78 is 6.18. The Labute approximate surface area is 187 Å². The van der Waals surface area contributed by atoms with Crippen molar-refractivity contribution in [3.8, 4) is 0 Å². The number of carbonyl (C=O) groups excluding carboxylic acids is 1. The lowest BCUT2D eigenvalue weighted by molar-refractivity contribution is -0.127. The Balaban J connectivity index is 0.00000364. The zero-order valence-corrected chi connectivity index (χ0v) is 20.0. The molecule has 2 rings (SSSR count). The van der Waals surface area contributed by atoms with E-state index >= 15 is 0 Å². The van der Waals surface area contributed by atoms with Crippen LogP contribution in [0, 0.1) is 0 Å². The standard InChI is InChI=1S/C18H28BrN5O2.HI/c1-23(2)17(25)12-21-18(20-9-11-26-3)22-14-8-10-24(13-14)16-7-5-4-6-15(16)19;/h4-7,14H,8-13H2,1-3H3,(H2,20,21,22);1H. The average molecular weight is 554 g/mol. The fraction of sp³-hybridized carbons (Fsp3) is 0.556. The highest BCUT2D eigenvalue weighted by Gasteiger charge is 2.24. The number of rotatable bonds is 7. The Morgan fingerprint density at radius 2 is 2.15 bits per heavy atom. The van der Waals surface area contributed by atoms with E-state index in [4.69, 9.17) is 4.74 Å². The van der Waals surface area contributed by atoms with E-state index in [9.17, 15) is 4.79 Å². The van der Waals surface area contributed by atoms with E-state index in [0.29, 0.717) is 19.1 Å². The monoisotopic (exact) mass is 553 g/mol. The zero-order valence-electron chi connectivity index (χ0n) is 16.1. The van der Waals surface area contributed by atoms with Crippen LogP contribution in [0.25, 0.3) is 0 Å². The minimum Gasteiger partial charge on any atom is -0.383 e. The predicted octanol–water partition coefficient (Wildman–Crippen LogP) is 1.92. The Bertz CT molecular complexity index is 630. The second-order valence-corrected chi connectivity index (χ2v) is 7.25. The van der Waals surface area contributed by atoms with Crippen molar-refractivity contribution < 1.29 is 9.53 Å². The molecule has 1 saturated heterocycles. The molecule has 7 nitrogen and oxygen atoms in total. The Hall–Kier alpha value is -1.07. The molecular formula is C18H29BrIN5O2. The van der Waals surface area contributed by atoms with Gasteiger partial charge in [-0.15, -0.1) is 24.0 Å². The van der Waals surface area contributed by atoms with E-state index in [1.165, 1.54) is 5.69 Å². The molecule has 0 bridgehead atoms. The molecule has 1 fully saturated rings. The smallest absolute Gasteiger partial charge is 0.243 e. The van der Waals surface area contributed by atoms with Crippen molar-refractivity contribution in [1.82, 2.24) is 15.5 Å². The molecule has 0 radical (unpaired) electrons. The fourth-order valence-corrected chi connectivity index (χ4v) is 3.25. The van der Waals surface area contributed by atoms with Crippen molar-refractivity contribution in [2.45, 2.75) is 12.5 Å². The SMILES string of the molecule is COCCNC(=NCC(=O)N(C)C)NC1CCN(c2ccccc2Br)C1.I. The summed E-state index contributed by atoms with van der Waals surface area (Å²) in [5.41, 5.74) is 1.20. The summed E-state index contributed by atoms with van der Waals surface area (Å²) in [6.07, 6.45) is 1.01. The molecule has 9 heteroatoms. The molecule has 0 aliphatic carbocycles. The van der Waals surface area contributed by atoms with Crippen LogP contribution < -0.4 is 15.5 Å². The van der Waals surface area contributed by atoms with Gasteiger partial charge in [0.2, 0.25) is 5.91 Å². The highest BCUT2D eigenvalue weighted by atomic mass is 127. The van der Waals surface area contributed by atoms with Crippen LogP contribution in [0.2, 0.25) is 0 Å². The van der Waals surface area contributed by atoms with Crippen LogP contribution in [0.15, 0.2) is 33.7 Å². The molecule has 0 aromatic heterocycles. The Morgan fingerprint density at radius 1 is 1.41 bits per heavy atom. The van der Waals surface area contributed by atoms with Gasteiger partial charge in [0.05, 0.1) is 12.3 Å². The number of nitrogens with one attached hydrogen (secondary N) is 2. The van der Waals surface area contributed by atoms with Gasteiger partial charge in [-0.2, -0.15) is 0 Å². The quantitative estimate of drug-likeness (QED) is 0.234. The van der Waals surface area contributed by atoms with Crippen LogP contribution in [0.1, 0.15) is 6.42 Å². The summed E-state index contributed by atoms with van der Waals surface area (Å²) in [6.45, 7) is 3.20. The molecule has 152 valence electrons. The number of benzene rings is 1. The van der Waals surface area contributed by atoms with E-state index in [2.05, 4.69) is 48.6 Å². The summed E-state index contributed by atoms with van der Waals surface area (Å²) in [5, 5.41) is 6.67. The first-order valence-corrected chi connectivity index (χ1v) is 9.54. The van der Waals surface area contributed by atoms with Crippen molar-refractivity contribution in [3.05, 3.63) is 28.7 Å². The van der Waals surface area contributed by atoms with E-state index in [0.717, 1.165) is 24.0 Å². The van der Waals surface area contributed by atoms with Gasteiger partial charge in [0.25, 0.3) is 0 Å². The van der Waals surface area contributed by atoms with E-state index in [1.807, 2.05) is 12.1 Å².